The minimum atomic E-state index is -0.0633. The summed E-state index contributed by atoms with van der Waals surface area (Å²) in [4.78, 5) is 12.5. The number of nitrogens with zero attached hydrogens (tertiary/aromatic N) is 1. The Balaban J connectivity index is 1.73. The number of aryl methyl sites for hydroxylation is 1. The Morgan fingerprint density at radius 3 is 2.78 bits per heavy atom. The van der Waals surface area contributed by atoms with E-state index < -0.39 is 0 Å². The summed E-state index contributed by atoms with van der Waals surface area (Å²) in [6, 6.07) is 13.8. The summed E-state index contributed by atoms with van der Waals surface area (Å²) in [6.07, 6.45) is 2.85. The largest absolute Gasteiger partial charge is 0.273 e. The predicted molar refractivity (Wildman–Crippen MR) is 74.8 cm³/mol. The number of amides is 1. The average molecular weight is 258 g/mol. The first-order valence-corrected chi connectivity index (χ1v) is 6.62. The molecule has 4 heteroatoms. The molecule has 0 unspecified atom stereocenters. The van der Waals surface area contributed by atoms with Crippen LogP contribution >= 0.6 is 11.3 Å². The zero-order valence-electron chi connectivity index (χ0n) is 9.87. The number of benzene rings is 1. The van der Waals surface area contributed by atoms with E-state index in [9.17, 15) is 4.79 Å². The number of carbonyl (C=O) groups excluding carboxylic acids is 1. The molecule has 1 N–H and O–H groups in total. The van der Waals surface area contributed by atoms with Crippen molar-refractivity contribution >= 4 is 23.5 Å². The van der Waals surface area contributed by atoms with Gasteiger partial charge in [0.25, 0.3) is 0 Å². The van der Waals surface area contributed by atoms with Gasteiger partial charge in [-0.1, -0.05) is 36.4 Å². The van der Waals surface area contributed by atoms with Crippen molar-refractivity contribution in [3.63, 3.8) is 0 Å². The Labute approximate surface area is 110 Å². The van der Waals surface area contributed by atoms with E-state index in [2.05, 4.69) is 10.5 Å². The highest BCUT2D eigenvalue weighted by Crippen LogP contribution is 2.04. The van der Waals surface area contributed by atoms with Crippen molar-refractivity contribution in [2.75, 3.05) is 0 Å². The third-order valence-corrected chi connectivity index (χ3v) is 3.21. The third kappa shape index (κ3) is 4.14. The van der Waals surface area contributed by atoms with Gasteiger partial charge in [0.2, 0.25) is 5.91 Å². The number of hydrogen-bond acceptors (Lipinski definition) is 3. The van der Waals surface area contributed by atoms with Gasteiger partial charge >= 0.3 is 0 Å². The fraction of sp³-hybridized carbons (Fsp3) is 0.143. The van der Waals surface area contributed by atoms with Crippen LogP contribution in [0.1, 0.15) is 16.9 Å². The molecular weight excluding hydrogens is 244 g/mol. The second kappa shape index (κ2) is 6.71. The van der Waals surface area contributed by atoms with Gasteiger partial charge in [-0.25, -0.2) is 5.43 Å². The number of rotatable bonds is 5. The quantitative estimate of drug-likeness (QED) is 0.650. The number of hydrogen-bond donors (Lipinski definition) is 1. The minimum absolute atomic E-state index is 0.0633. The lowest BCUT2D eigenvalue weighted by Crippen LogP contribution is -2.17. The highest BCUT2D eigenvalue weighted by atomic mass is 32.1. The fourth-order valence-electron chi connectivity index (χ4n) is 1.49. The second-order valence-corrected chi connectivity index (χ2v) is 4.77. The van der Waals surface area contributed by atoms with Crippen molar-refractivity contribution in [3.05, 3.63) is 58.3 Å². The van der Waals surface area contributed by atoms with Crippen LogP contribution in [0.3, 0.4) is 0 Å². The van der Waals surface area contributed by atoms with Gasteiger partial charge in [0.15, 0.2) is 0 Å². The Kier molecular flexibility index (Phi) is 4.67. The molecule has 18 heavy (non-hydrogen) atoms. The summed E-state index contributed by atoms with van der Waals surface area (Å²) in [5, 5.41) is 5.88. The molecule has 0 spiro atoms. The van der Waals surface area contributed by atoms with Crippen molar-refractivity contribution in [1.82, 2.24) is 5.43 Å². The highest BCUT2D eigenvalue weighted by Gasteiger charge is 2.00. The molecule has 1 heterocycles. The number of carbonyl (C=O) groups is 1. The molecule has 2 rings (SSSR count). The number of hydrazone groups is 1. The first-order chi connectivity index (χ1) is 8.84. The smallest absolute Gasteiger partial charge is 0.240 e. The lowest BCUT2D eigenvalue weighted by Gasteiger charge is -2.00. The maximum absolute atomic E-state index is 11.5. The van der Waals surface area contributed by atoms with E-state index in [4.69, 9.17) is 0 Å². The summed E-state index contributed by atoms with van der Waals surface area (Å²) in [5.41, 5.74) is 3.69. The summed E-state index contributed by atoms with van der Waals surface area (Å²) in [6.45, 7) is 0. The van der Waals surface area contributed by atoms with Gasteiger partial charge in [0, 0.05) is 11.3 Å². The molecular formula is C14H14N2OS. The van der Waals surface area contributed by atoms with Gasteiger partial charge < -0.3 is 0 Å². The van der Waals surface area contributed by atoms with E-state index in [-0.39, 0.29) is 5.91 Å². The zero-order chi connectivity index (χ0) is 12.6. The van der Waals surface area contributed by atoms with Crippen LogP contribution in [0.25, 0.3) is 0 Å². The van der Waals surface area contributed by atoms with Crippen molar-refractivity contribution in [2.24, 2.45) is 5.10 Å². The van der Waals surface area contributed by atoms with E-state index in [1.54, 1.807) is 17.6 Å². The Hall–Kier alpha value is -1.94. The molecule has 0 saturated heterocycles. The lowest BCUT2D eigenvalue weighted by molar-refractivity contribution is -0.121. The first kappa shape index (κ1) is 12.5. The monoisotopic (exact) mass is 258 g/mol. The van der Waals surface area contributed by atoms with E-state index in [0.717, 1.165) is 16.9 Å². The van der Waals surface area contributed by atoms with E-state index in [1.807, 2.05) is 47.8 Å². The van der Waals surface area contributed by atoms with Crippen molar-refractivity contribution < 1.29 is 4.79 Å². The SMILES string of the molecule is O=C(CCc1ccccc1)N/N=C/c1cccs1. The molecule has 0 bridgehead atoms. The molecule has 2 aromatic rings. The molecule has 1 aromatic heterocycles. The van der Waals surface area contributed by atoms with Crippen LogP contribution in [0.4, 0.5) is 0 Å². The fourth-order valence-corrected chi connectivity index (χ4v) is 2.08. The summed E-state index contributed by atoms with van der Waals surface area (Å²) in [5.74, 6) is -0.0633. The Morgan fingerprint density at radius 2 is 2.06 bits per heavy atom. The molecule has 3 nitrogen and oxygen atoms in total. The molecule has 1 amide bonds. The molecule has 92 valence electrons. The van der Waals surface area contributed by atoms with Crippen molar-refractivity contribution in [3.8, 4) is 0 Å². The minimum Gasteiger partial charge on any atom is -0.273 e. The summed E-state index contributed by atoms with van der Waals surface area (Å²) >= 11 is 1.58. The molecule has 0 radical (unpaired) electrons. The Morgan fingerprint density at radius 1 is 1.22 bits per heavy atom. The highest BCUT2D eigenvalue weighted by molar-refractivity contribution is 7.11. The number of thiophene rings is 1. The van der Waals surface area contributed by atoms with E-state index >= 15 is 0 Å². The van der Waals surface area contributed by atoms with Gasteiger partial charge in [-0.15, -0.1) is 11.3 Å². The molecule has 0 aliphatic rings. The van der Waals surface area contributed by atoms with E-state index in [0.29, 0.717) is 6.42 Å². The molecule has 0 atom stereocenters. The van der Waals surface area contributed by atoms with Crippen LogP contribution in [0.2, 0.25) is 0 Å². The topological polar surface area (TPSA) is 41.5 Å². The summed E-state index contributed by atoms with van der Waals surface area (Å²) < 4.78 is 0. The molecule has 0 fully saturated rings. The van der Waals surface area contributed by atoms with Gasteiger partial charge in [-0.05, 0) is 23.4 Å². The molecule has 0 aliphatic heterocycles. The maximum atomic E-state index is 11.5. The first-order valence-electron chi connectivity index (χ1n) is 5.74. The summed E-state index contributed by atoms with van der Waals surface area (Å²) in [7, 11) is 0. The van der Waals surface area contributed by atoms with Crippen LogP contribution < -0.4 is 5.43 Å². The maximum Gasteiger partial charge on any atom is 0.240 e. The number of nitrogens with one attached hydrogen (secondary N) is 1. The van der Waals surface area contributed by atoms with Crippen LogP contribution in [0.15, 0.2) is 52.9 Å². The van der Waals surface area contributed by atoms with Crippen LogP contribution in [0, 0.1) is 0 Å². The lowest BCUT2D eigenvalue weighted by atomic mass is 10.1. The predicted octanol–water partition coefficient (Wildman–Crippen LogP) is 2.83. The zero-order valence-corrected chi connectivity index (χ0v) is 10.7. The van der Waals surface area contributed by atoms with Crippen LogP contribution in [-0.4, -0.2) is 12.1 Å². The van der Waals surface area contributed by atoms with Gasteiger partial charge in [0.05, 0.1) is 6.21 Å². The normalized spacial score (nSPS) is 10.7. The van der Waals surface area contributed by atoms with Gasteiger partial charge in [-0.3, -0.25) is 4.79 Å². The molecule has 0 aliphatic carbocycles. The van der Waals surface area contributed by atoms with Crippen molar-refractivity contribution in [2.45, 2.75) is 12.8 Å². The molecule has 1 aromatic carbocycles. The second-order valence-electron chi connectivity index (χ2n) is 3.79. The van der Waals surface area contributed by atoms with Gasteiger partial charge in [-0.2, -0.15) is 5.10 Å². The average Bonchev–Trinajstić information content (AvgIpc) is 2.91. The van der Waals surface area contributed by atoms with E-state index in [1.165, 1.54) is 0 Å². The Bertz CT molecular complexity index is 506. The molecule has 0 saturated carbocycles. The van der Waals surface area contributed by atoms with Gasteiger partial charge in [0.1, 0.15) is 0 Å². The van der Waals surface area contributed by atoms with Crippen molar-refractivity contribution in [1.29, 1.82) is 0 Å². The van der Waals surface area contributed by atoms with Crippen LogP contribution in [0.5, 0.6) is 0 Å². The van der Waals surface area contributed by atoms with Crippen LogP contribution in [-0.2, 0) is 11.2 Å². The standard InChI is InChI=1S/C14H14N2OS/c17-14(9-8-12-5-2-1-3-6-12)16-15-11-13-7-4-10-18-13/h1-7,10-11H,8-9H2,(H,16,17)/b15-11+. The third-order valence-electron chi connectivity index (χ3n) is 2.41.